The Kier molecular flexibility index (Phi) is 5.99. The first-order valence-electron chi connectivity index (χ1n) is 13.5. The zero-order chi connectivity index (χ0) is 25.6. The molecule has 0 aromatic heterocycles. The second kappa shape index (κ2) is 8.11. The molecule has 1 heterocycles. The molecule has 5 N–H and O–H groups in total. The van der Waals surface area contributed by atoms with Crippen molar-refractivity contribution < 1.29 is 39.8 Å². The summed E-state index contributed by atoms with van der Waals surface area (Å²) in [6.45, 7) is 8.17. The maximum Gasteiger partial charge on any atom is 0.314 e. The Morgan fingerprint density at radius 3 is 2.29 bits per heavy atom. The maximum atomic E-state index is 13.7. The lowest BCUT2D eigenvalue weighted by Crippen LogP contribution is -2.62. The van der Waals surface area contributed by atoms with Crippen LogP contribution in [0.4, 0.5) is 0 Å². The normalized spacial score (nSPS) is 55.1. The number of carbonyl (C=O) groups is 1. The highest BCUT2D eigenvalue weighted by Gasteiger charge is 2.70. The lowest BCUT2D eigenvalue weighted by molar-refractivity contribution is -0.298. The van der Waals surface area contributed by atoms with Gasteiger partial charge in [-0.05, 0) is 86.4 Å². The Hall–Kier alpha value is -0.770. The van der Waals surface area contributed by atoms with Crippen molar-refractivity contribution in [3.8, 4) is 0 Å². The zero-order valence-corrected chi connectivity index (χ0v) is 21.6. The van der Waals surface area contributed by atoms with E-state index in [1.807, 2.05) is 6.92 Å². The Morgan fingerprint density at radius 2 is 1.60 bits per heavy atom. The molecule has 5 rings (SSSR count). The molecule has 8 heteroatoms. The lowest BCUT2D eigenvalue weighted by Gasteiger charge is -2.64. The number of esters is 1. The highest BCUT2D eigenvalue weighted by atomic mass is 16.7. The van der Waals surface area contributed by atoms with Gasteiger partial charge in [0.05, 0.1) is 17.6 Å². The van der Waals surface area contributed by atoms with Crippen molar-refractivity contribution in [2.24, 2.45) is 33.5 Å². The number of carbonyl (C=O) groups excluding carboxylic acids is 1. The van der Waals surface area contributed by atoms with E-state index in [0.29, 0.717) is 12.3 Å². The molecule has 200 valence electrons. The fourth-order valence-corrected chi connectivity index (χ4v) is 9.73. The van der Waals surface area contributed by atoms with Crippen LogP contribution < -0.4 is 0 Å². The van der Waals surface area contributed by atoms with Gasteiger partial charge in [-0.15, -0.1) is 0 Å². The summed E-state index contributed by atoms with van der Waals surface area (Å²) in [7, 11) is 0. The van der Waals surface area contributed by atoms with Gasteiger partial charge in [0.1, 0.15) is 24.4 Å². The van der Waals surface area contributed by atoms with Crippen LogP contribution in [0.2, 0.25) is 0 Å². The molecule has 6 unspecified atom stereocenters. The first kappa shape index (κ1) is 25.9. The van der Waals surface area contributed by atoms with E-state index in [2.05, 4.69) is 20.8 Å². The second-order valence-corrected chi connectivity index (χ2v) is 13.7. The van der Waals surface area contributed by atoms with Crippen LogP contribution >= 0.6 is 0 Å². The Morgan fingerprint density at radius 1 is 0.914 bits per heavy atom. The molecule has 11 atom stereocenters. The molecule has 35 heavy (non-hydrogen) atoms. The predicted octanol–water partition coefficient (Wildman–Crippen LogP) is 1.88. The number of rotatable bonds is 3. The minimum Gasteiger partial charge on any atom is -0.432 e. The van der Waals surface area contributed by atoms with Gasteiger partial charge in [0.15, 0.2) is 0 Å². The lowest BCUT2D eigenvalue weighted by atomic mass is 9.41. The Balaban J connectivity index is 1.39. The molecule has 4 saturated carbocycles. The SMILES string of the molecule is CC1(C)C[C@@]23CC[C@H]4[C@@](C)(CCC[C@@]4(C)C(=O)OC4OC(CO)C(O)C(O)C4O)[C@@H]2CCC1(O)C3. The summed E-state index contributed by atoms with van der Waals surface area (Å²) in [5.41, 5.74) is -1.42. The van der Waals surface area contributed by atoms with Crippen LogP contribution in [0.3, 0.4) is 0 Å². The molecule has 1 aliphatic heterocycles. The van der Waals surface area contributed by atoms with Crippen LogP contribution in [0.25, 0.3) is 0 Å². The van der Waals surface area contributed by atoms with E-state index in [9.17, 15) is 30.3 Å². The van der Waals surface area contributed by atoms with Crippen molar-refractivity contribution in [2.45, 2.75) is 122 Å². The van der Waals surface area contributed by atoms with Gasteiger partial charge in [-0.25, -0.2) is 0 Å². The molecule has 0 aromatic carbocycles. The van der Waals surface area contributed by atoms with Crippen molar-refractivity contribution in [3.05, 3.63) is 0 Å². The van der Waals surface area contributed by atoms with Crippen molar-refractivity contribution in [1.82, 2.24) is 0 Å². The average molecular weight is 497 g/mol. The van der Waals surface area contributed by atoms with Gasteiger partial charge in [0.2, 0.25) is 6.29 Å². The molecule has 5 aliphatic rings. The number of hydrogen-bond acceptors (Lipinski definition) is 8. The summed E-state index contributed by atoms with van der Waals surface area (Å²) in [4.78, 5) is 13.7. The smallest absolute Gasteiger partial charge is 0.314 e. The van der Waals surface area contributed by atoms with Crippen LogP contribution in [-0.4, -0.2) is 74.4 Å². The van der Waals surface area contributed by atoms with Gasteiger partial charge in [0.25, 0.3) is 0 Å². The van der Waals surface area contributed by atoms with E-state index < -0.39 is 54.3 Å². The maximum absolute atomic E-state index is 13.7. The minimum atomic E-state index is -1.60. The summed E-state index contributed by atoms with van der Waals surface area (Å²) in [6.07, 6.45) is 0.937. The van der Waals surface area contributed by atoms with Crippen LogP contribution in [0.5, 0.6) is 0 Å². The molecule has 0 radical (unpaired) electrons. The molecule has 1 saturated heterocycles. The minimum absolute atomic E-state index is 0.0542. The topological polar surface area (TPSA) is 137 Å². The van der Waals surface area contributed by atoms with Crippen molar-refractivity contribution in [3.63, 3.8) is 0 Å². The third kappa shape index (κ3) is 3.50. The van der Waals surface area contributed by atoms with Gasteiger partial charge in [-0.3, -0.25) is 4.79 Å². The molecule has 1 spiro atoms. The van der Waals surface area contributed by atoms with E-state index in [1.54, 1.807) is 0 Å². The molecule has 8 nitrogen and oxygen atoms in total. The summed E-state index contributed by atoms with van der Waals surface area (Å²) < 4.78 is 11.2. The Bertz CT molecular complexity index is 856. The van der Waals surface area contributed by atoms with Crippen LogP contribution in [0, 0.1) is 33.5 Å². The Labute approximate surface area is 208 Å². The van der Waals surface area contributed by atoms with Crippen molar-refractivity contribution in [2.75, 3.05) is 6.61 Å². The molecular weight excluding hydrogens is 452 g/mol. The van der Waals surface area contributed by atoms with Gasteiger partial charge < -0.3 is 35.0 Å². The summed E-state index contributed by atoms with van der Waals surface area (Å²) in [5, 5.41) is 51.6. The van der Waals surface area contributed by atoms with E-state index >= 15 is 0 Å². The highest BCUT2D eigenvalue weighted by Crippen LogP contribution is 2.75. The van der Waals surface area contributed by atoms with Gasteiger partial charge >= 0.3 is 5.97 Å². The van der Waals surface area contributed by atoms with E-state index in [1.165, 1.54) is 0 Å². The zero-order valence-electron chi connectivity index (χ0n) is 21.6. The number of ether oxygens (including phenoxy) is 2. The van der Waals surface area contributed by atoms with E-state index in [-0.39, 0.29) is 22.2 Å². The molecule has 0 amide bonds. The number of aliphatic hydroxyl groups excluding tert-OH is 4. The standard InChI is InChI=1S/C27H44O8/c1-23(2)13-26-10-6-16-24(3,17(26)7-11-27(23,33)14-26)8-5-9-25(16,4)22(32)35-21-20(31)19(30)18(29)15(12-28)34-21/h15-21,28-31,33H,5-14H2,1-4H3/t15?,16-,17-,18?,19?,20?,21?,24+,25+,26+,27?/m0/s1. The van der Waals surface area contributed by atoms with Crippen molar-refractivity contribution in [1.29, 1.82) is 0 Å². The number of fused-ring (bicyclic) bond motifs is 3. The summed E-state index contributed by atoms with van der Waals surface area (Å²) in [5.74, 6) is 0.0925. The van der Waals surface area contributed by atoms with E-state index in [4.69, 9.17) is 9.47 Å². The van der Waals surface area contributed by atoms with Gasteiger partial charge in [-0.1, -0.05) is 27.2 Å². The fourth-order valence-electron chi connectivity index (χ4n) is 9.73. The average Bonchev–Trinajstić information content (AvgIpc) is 2.92. The van der Waals surface area contributed by atoms with Crippen LogP contribution in [0.1, 0.15) is 85.5 Å². The second-order valence-electron chi connectivity index (χ2n) is 13.7. The largest absolute Gasteiger partial charge is 0.432 e. The molecule has 4 aliphatic carbocycles. The first-order chi connectivity index (χ1) is 16.2. The molecule has 2 bridgehead atoms. The highest BCUT2D eigenvalue weighted by molar-refractivity contribution is 5.77. The predicted molar refractivity (Wildman–Crippen MR) is 126 cm³/mol. The third-order valence-electron chi connectivity index (χ3n) is 11.5. The third-order valence-corrected chi connectivity index (χ3v) is 11.5. The number of aliphatic hydroxyl groups is 5. The quantitative estimate of drug-likeness (QED) is 0.374. The molecule has 0 aromatic rings. The monoisotopic (exact) mass is 496 g/mol. The van der Waals surface area contributed by atoms with Crippen LogP contribution in [-0.2, 0) is 14.3 Å². The van der Waals surface area contributed by atoms with Crippen LogP contribution in [0.15, 0.2) is 0 Å². The summed E-state index contributed by atoms with van der Waals surface area (Å²) >= 11 is 0. The van der Waals surface area contributed by atoms with Gasteiger partial charge in [0, 0.05) is 0 Å². The molecular formula is C27H44O8. The first-order valence-corrected chi connectivity index (χ1v) is 13.5. The van der Waals surface area contributed by atoms with Gasteiger partial charge in [-0.2, -0.15) is 0 Å². The molecule has 5 fully saturated rings. The summed E-state index contributed by atoms with van der Waals surface area (Å²) in [6, 6.07) is 0. The fraction of sp³-hybridized carbons (Fsp3) is 0.963. The number of hydrogen-bond donors (Lipinski definition) is 5. The van der Waals surface area contributed by atoms with Crippen molar-refractivity contribution >= 4 is 5.97 Å². The van der Waals surface area contributed by atoms with E-state index in [0.717, 1.165) is 51.4 Å².